The van der Waals surface area contributed by atoms with E-state index in [4.69, 9.17) is 5.73 Å². The number of aromatic nitrogens is 4. The molecule has 0 radical (unpaired) electrons. The molecule has 38 nitrogen and oxygen atoms in total. The zero-order valence-electron chi connectivity index (χ0n) is 63.5. The molecule has 0 aliphatic heterocycles. The number of carbonyl (C=O) groups is 15. The van der Waals surface area contributed by atoms with Crippen molar-refractivity contribution >= 4 is 136 Å². The maximum Gasteiger partial charge on any atom is 0.322 e. The van der Waals surface area contributed by atoms with Crippen molar-refractivity contribution in [3.63, 3.8) is 0 Å². The van der Waals surface area contributed by atoms with Crippen LogP contribution < -0.4 is 74.9 Å². The fourth-order valence-corrected chi connectivity index (χ4v) is 12.6. The molecule has 40 heteroatoms. The Balaban J connectivity index is 1.12. The van der Waals surface area contributed by atoms with Gasteiger partial charge in [-0.25, -0.2) is 4.98 Å². The molecule has 3 aromatic heterocycles. The van der Waals surface area contributed by atoms with Crippen LogP contribution in [-0.4, -0.2) is 244 Å². The fraction of sp³-hybridized carbons (Fsp3) is 0.395. The van der Waals surface area contributed by atoms with E-state index in [2.05, 4.69) is 114 Å². The molecule has 622 valence electrons. The van der Waals surface area contributed by atoms with Crippen LogP contribution in [0.1, 0.15) is 68.5 Å². The number of hydrogen-bond acceptors (Lipinski definition) is 22. The number of para-hydroxylation sites is 2. The smallest absolute Gasteiger partial charge is 0.322 e. The summed E-state index contributed by atoms with van der Waals surface area (Å²) in [6, 6.07) is 8.23. The number of fused-ring (bicyclic) bond motifs is 2. The Morgan fingerprint density at radius 3 is 1.35 bits per heavy atom. The summed E-state index contributed by atoms with van der Waals surface area (Å²) in [6.45, 7) is 3.68. The van der Waals surface area contributed by atoms with Gasteiger partial charge in [-0.05, 0) is 66.3 Å². The monoisotopic (exact) mass is 1640 g/mol. The van der Waals surface area contributed by atoms with Crippen LogP contribution >= 0.6 is 25.3 Å². The lowest BCUT2D eigenvalue weighted by molar-refractivity contribution is -0.141. The number of rotatable bonds is 45. The number of nitrogens with one attached hydrogen (secondary N) is 16. The summed E-state index contributed by atoms with van der Waals surface area (Å²) in [5, 5.41) is 83.7. The molecule has 0 saturated carbocycles. The van der Waals surface area contributed by atoms with Gasteiger partial charge in [-0.2, -0.15) is 25.3 Å². The lowest BCUT2D eigenvalue weighted by atomic mass is 9.99. The third-order valence-electron chi connectivity index (χ3n) is 18.3. The number of thiol groups is 2. The quantitative estimate of drug-likeness (QED) is 0.0164. The SMILES string of the molecule is CC(C)[C@H](NC(=O)[C@H](Cc1c[nH]c2ccccc12)NC(=O)[C@H](CC(=O)O)NC(=O)[C@H](C)NC(=O)[C@H](CS)NC(=O)[C@H](CO)NC(=O)CCN)C(=O)N[C@@H](CS)C(=O)N[C@@H](Cc1ccc(O)cc1)C(=O)N[C@@H](Cc1c[nH]c2ccccc12)C(=O)N[C@@H](Cc1cnc[nH]1)C(=O)N[C@H](C(=O)N[C@@H](Cc1ccccc1)C(=O)NCC(=O)O)[C@@H](C)O. The van der Waals surface area contributed by atoms with Crippen molar-refractivity contribution in [3.8, 4) is 5.75 Å². The highest BCUT2D eigenvalue weighted by Gasteiger charge is 2.39. The predicted octanol–water partition coefficient (Wildman–Crippen LogP) is -3.66. The fourth-order valence-electron chi connectivity index (χ4n) is 12.1. The number of amides is 13. The van der Waals surface area contributed by atoms with Crippen molar-refractivity contribution in [3.05, 3.63) is 156 Å². The first-order valence-corrected chi connectivity index (χ1v) is 38.0. The first kappa shape index (κ1) is 90.8. The minimum Gasteiger partial charge on any atom is -0.508 e. The summed E-state index contributed by atoms with van der Waals surface area (Å²) in [4.78, 5) is 220. The maximum atomic E-state index is 15.2. The number of hydrogen-bond donors (Lipinski definition) is 24. The van der Waals surface area contributed by atoms with E-state index in [9.17, 15) is 87.9 Å². The number of imidazole rings is 1. The van der Waals surface area contributed by atoms with E-state index in [0.29, 0.717) is 44.1 Å². The van der Waals surface area contributed by atoms with Gasteiger partial charge in [-0.1, -0.05) is 92.7 Å². The second kappa shape index (κ2) is 44.3. The van der Waals surface area contributed by atoms with Crippen molar-refractivity contribution in [2.45, 2.75) is 151 Å². The number of nitrogens with two attached hydrogens (primary N) is 1. The number of phenolic OH excluding ortho intramolecular Hbond substituents is 1. The molecule has 0 aliphatic rings. The zero-order chi connectivity index (χ0) is 84.9. The van der Waals surface area contributed by atoms with Gasteiger partial charge >= 0.3 is 11.9 Å². The van der Waals surface area contributed by atoms with Gasteiger partial charge in [0.15, 0.2) is 0 Å². The number of aliphatic hydroxyl groups is 2. The Hall–Kier alpha value is -12.4. The highest BCUT2D eigenvalue weighted by Crippen LogP contribution is 2.23. The minimum atomic E-state index is -1.95. The van der Waals surface area contributed by atoms with Gasteiger partial charge in [-0.3, -0.25) is 71.9 Å². The van der Waals surface area contributed by atoms with Crippen LogP contribution in [0.3, 0.4) is 0 Å². The summed E-state index contributed by atoms with van der Waals surface area (Å²) in [6.07, 6.45) is 1.37. The highest BCUT2D eigenvalue weighted by atomic mass is 32.1. The van der Waals surface area contributed by atoms with E-state index in [1.54, 1.807) is 91.3 Å². The minimum absolute atomic E-state index is 0.0648. The number of carbonyl (C=O) groups excluding carboxylic acids is 13. The van der Waals surface area contributed by atoms with Crippen LogP contribution in [0.2, 0.25) is 0 Å². The molecule has 0 spiro atoms. The maximum absolute atomic E-state index is 15.2. The molecule has 7 aromatic rings. The molecule has 4 aromatic carbocycles. The second-order valence-corrected chi connectivity index (χ2v) is 28.3. The van der Waals surface area contributed by atoms with Gasteiger partial charge in [0.25, 0.3) is 0 Å². The molecule has 0 aliphatic carbocycles. The average molecular weight is 1650 g/mol. The molecule has 0 unspecified atom stereocenters. The summed E-state index contributed by atoms with van der Waals surface area (Å²) >= 11 is 8.50. The Morgan fingerprint density at radius 2 is 0.862 bits per heavy atom. The molecule has 0 saturated heterocycles. The number of aliphatic hydroxyl groups excluding tert-OH is 2. The van der Waals surface area contributed by atoms with Gasteiger partial charge in [0.1, 0.15) is 84.8 Å². The third kappa shape index (κ3) is 27.2. The standard InChI is InChI=1S/C76H96N18O20S2/c1-38(2)63(93-70(108)54(27-44-31-80-50-17-11-9-15-48(44)50)88-69(107)56(29-61(99)100)85-65(103)39(3)83-73(111)58(35-115)91-72(110)57(34-95)84-60(98)22-23-77)75(113)92-59(36-116)74(112)86-52(25-42-18-20-46(97)21-19-42)67(105)87-53(26-43-30-79-49-16-10-8-14-47(43)49)68(106)89-55(28-45-32-78-37-82-45)71(109)94-64(40(4)96)76(114)90-51(66(104)81-33-62(101)102)24-41-12-6-5-7-13-41/h5-21,30-32,37-40,51-59,63-64,79-80,95-97,115-116H,22-29,33-36,77H2,1-4H3,(H,78,82)(H,81,104)(H,83,111)(H,84,98)(H,85,103)(H,86,112)(H,87,105)(H,88,107)(H,89,106)(H,90,114)(H,91,110)(H,92,113)(H,93,108)(H,94,109)(H,99,100)(H,101,102)/t39-,40+,51-,52-,53-,54-,55-,56-,57-,58-,59-,63-,64-/m0/s1. The van der Waals surface area contributed by atoms with Gasteiger partial charge in [-0.15, -0.1) is 0 Å². The number of aliphatic carboxylic acids is 2. The van der Waals surface area contributed by atoms with Gasteiger partial charge in [0.05, 0.1) is 25.5 Å². The predicted molar refractivity (Wildman–Crippen MR) is 425 cm³/mol. The van der Waals surface area contributed by atoms with Crippen molar-refractivity contribution in [1.29, 1.82) is 0 Å². The molecule has 0 fully saturated rings. The lowest BCUT2D eigenvalue weighted by Gasteiger charge is -2.29. The number of H-pyrrole nitrogens is 3. The Kier molecular flexibility index (Phi) is 34.7. The molecule has 7 rings (SSSR count). The van der Waals surface area contributed by atoms with E-state index < -0.39 is 199 Å². The van der Waals surface area contributed by atoms with Crippen molar-refractivity contribution < 1.29 is 97.5 Å². The molecule has 13 atom stereocenters. The highest BCUT2D eigenvalue weighted by molar-refractivity contribution is 7.80. The van der Waals surface area contributed by atoms with E-state index in [1.807, 2.05) is 0 Å². The van der Waals surface area contributed by atoms with E-state index in [-0.39, 0.29) is 62.3 Å². The second-order valence-electron chi connectivity index (χ2n) is 27.6. The summed E-state index contributed by atoms with van der Waals surface area (Å²) < 4.78 is 0. The molecule has 3 heterocycles. The number of nitrogens with zero attached hydrogens (tertiary/aromatic N) is 1. The summed E-state index contributed by atoms with van der Waals surface area (Å²) in [5.74, 6) is -17.9. The van der Waals surface area contributed by atoms with Gasteiger partial charge in [0, 0.05) is 103 Å². The first-order valence-electron chi connectivity index (χ1n) is 36.7. The molecular weight excluding hydrogens is 1550 g/mol. The number of carboxylic acids is 2. The number of benzene rings is 4. The summed E-state index contributed by atoms with van der Waals surface area (Å²) in [5.41, 5.74) is 8.74. The topological polar surface area (TPSA) is 600 Å². The van der Waals surface area contributed by atoms with Crippen LogP contribution in [0.4, 0.5) is 0 Å². The zero-order valence-corrected chi connectivity index (χ0v) is 65.3. The van der Waals surface area contributed by atoms with E-state index >= 15 is 9.59 Å². The van der Waals surface area contributed by atoms with Crippen LogP contribution in [0.15, 0.2) is 128 Å². The van der Waals surface area contributed by atoms with Crippen LogP contribution in [-0.2, 0) is 104 Å². The summed E-state index contributed by atoms with van der Waals surface area (Å²) in [7, 11) is 0. The number of aromatic hydroxyl groups is 1. The first-order chi connectivity index (χ1) is 55.3. The lowest BCUT2D eigenvalue weighted by Crippen LogP contribution is -2.62. The molecule has 116 heavy (non-hydrogen) atoms. The van der Waals surface area contributed by atoms with Crippen LogP contribution in [0, 0.1) is 5.92 Å². The number of phenols is 1. The van der Waals surface area contributed by atoms with Gasteiger partial charge < -0.3 is 115 Å². The van der Waals surface area contributed by atoms with Crippen LogP contribution in [0.5, 0.6) is 5.75 Å². The van der Waals surface area contributed by atoms with E-state index in [1.165, 1.54) is 64.5 Å². The number of carboxylic acid groups (broad SMARTS) is 2. The third-order valence-corrected chi connectivity index (χ3v) is 19.1. The molecule has 13 amide bonds. The Morgan fingerprint density at radius 1 is 0.440 bits per heavy atom. The van der Waals surface area contributed by atoms with Crippen LogP contribution in [0.25, 0.3) is 21.8 Å². The van der Waals surface area contributed by atoms with Crippen molar-refractivity contribution in [1.82, 2.24) is 89.1 Å². The molecular formula is C76H96N18O20S2. The molecule has 0 bridgehead atoms. The van der Waals surface area contributed by atoms with Crippen molar-refractivity contribution in [2.75, 3.05) is 31.2 Å². The Labute approximate surface area is 674 Å². The molecule has 23 N–H and O–H groups in total. The van der Waals surface area contributed by atoms with E-state index in [0.717, 1.165) is 0 Å². The number of aromatic amines is 3. The van der Waals surface area contributed by atoms with Crippen molar-refractivity contribution in [2.24, 2.45) is 11.7 Å². The Bertz CT molecular complexity index is 4600. The average Bonchev–Trinajstić information content (AvgIpc) is 1.64. The van der Waals surface area contributed by atoms with Gasteiger partial charge in [0.2, 0.25) is 76.8 Å². The largest absolute Gasteiger partial charge is 0.508 e. The normalized spacial score (nSPS) is 14.6.